The Balaban J connectivity index is 2.36. The minimum absolute atomic E-state index is 0.331. The molecule has 0 amide bonds. The molecule has 1 heterocycles. The zero-order valence-corrected chi connectivity index (χ0v) is 12.3. The van der Waals surface area contributed by atoms with Gasteiger partial charge < -0.3 is 0 Å². The van der Waals surface area contributed by atoms with Crippen LogP contribution in [0.15, 0.2) is 36.4 Å². The summed E-state index contributed by atoms with van der Waals surface area (Å²) in [5, 5.41) is -0.385. The van der Waals surface area contributed by atoms with Gasteiger partial charge in [-0.2, -0.15) is 0 Å². The van der Waals surface area contributed by atoms with Crippen molar-refractivity contribution in [2.75, 3.05) is 0 Å². The van der Waals surface area contributed by atoms with Crippen LogP contribution in [0, 0.1) is 18.6 Å². The van der Waals surface area contributed by atoms with Gasteiger partial charge in [-0.25, -0.2) is 13.8 Å². The zero-order chi connectivity index (χ0) is 15.1. The molecular formula is C16H13ClF2N2. The number of fused-ring (bicyclic) bond motifs is 1. The summed E-state index contributed by atoms with van der Waals surface area (Å²) in [6.45, 7) is 3.59. The van der Waals surface area contributed by atoms with Gasteiger partial charge in [-0.1, -0.05) is 0 Å². The van der Waals surface area contributed by atoms with Gasteiger partial charge in [-0.15, -0.1) is 11.6 Å². The van der Waals surface area contributed by atoms with E-state index < -0.39 is 0 Å². The summed E-state index contributed by atoms with van der Waals surface area (Å²) >= 11 is 6.18. The molecule has 21 heavy (non-hydrogen) atoms. The second-order valence-corrected chi connectivity index (χ2v) is 5.70. The van der Waals surface area contributed by atoms with Gasteiger partial charge in [0.2, 0.25) is 0 Å². The highest BCUT2D eigenvalue weighted by atomic mass is 35.5. The number of rotatable bonds is 2. The van der Waals surface area contributed by atoms with E-state index in [-0.39, 0.29) is 17.0 Å². The monoisotopic (exact) mass is 306 g/mol. The van der Waals surface area contributed by atoms with Crippen molar-refractivity contribution in [1.82, 2.24) is 9.55 Å². The fraction of sp³-hybridized carbons (Fsp3) is 0.188. The molecule has 0 saturated carbocycles. The molecule has 0 spiro atoms. The van der Waals surface area contributed by atoms with Crippen LogP contribution in [0.4, 0.5) is 8.78 Å². The number of aryl methyl sites for hydroxylation is 1. The van der Waals surface area contributed by atoms with E-state index in [1.807, 2.05) is 13.0 Å². The van der Waals surface area contributed by atoms with Crippen molar-refractivity contribution < 1.29 is 8.78 Å². The van der Waals surface area contributed by atoms with Gasteiger partial charge in [0.1, 0.15) is 17.5 Å². The number of alkyl halides is 1. The summed E-state index contributed by atoms with van der Waals surface area (Å²) in [7, 11) is 0. The Morgan fingerprint density at radius 2 is 1.86 bits per heavy atom. The zero-order valence-electron chi connectivity index (χ0n) is 11.6. The third-order valence-electron chi connectivity index (χ3n) is 3.28. The van der Waals surface area contributed by atoms with Crippen LogP contribution in [0.1, 0.15) is 23.7 Å². The van der Waals surface area contributed by atoms with Gasteiger partial charge in [0.25, 0.3) is 0 Å². The lowest BCUT2D eigenvalue weighted by molar-refractivity contribution is 0.625. The van der Waals surface area contributed by atoms with Gasteiger partial charge in [-0.3, -0.25) is 4.57 Å². The molecule has 1 aromatic heterocycles. The molecule has 3 aromatic rings. The van der Waals surface area contributed by atoms with Crippen molar-refractivity contribution in [2.45, 2.75) is 19.2 Å². The van der Waals surface area contributed by atoms with E-state index in [0.29, 0.717) is 22.5 Å². The summed E-state index contributed by atoms with van der Waals surface area (Å²) in [4.78, 5) is 4.38. The minimum Gasteiger partial charge on any atom is -0.295 e. The minimum atomic E-state index is -0.385. The van der Waals surface area contributed by atoms with Crippen molar-refractivity contribution in [3.05, 3.63) is 59.4 Å². The van der Waals surface area contributed by atoms with Crippen LogP contribution in [0.2, 0.25) is 0 Å². The number of benzene rings is 2. The van der Waals surface area contributed by atoms with Crippen molar-refractivity contribution in [2.24, 2.45) is 0 Å². The number of aromatic nitrogens is 2. The van der Waals surface area contributed by atoms with Crippen LogP contribution < -0.4 is 0 Å². The van der Waals surface area contributed by atoms with Crippen LogP contribution >= 0.6 is 11.6 Å². The molecule has 1 unspecified atom stereocenters. The Bertz CT molecular complexity index is 804. The van der Waals surface area contributed by atoms with Crippen LogP contribution in [0.5, 0.6) is 0 Å². The molecule has 0 aliphatic rings. The van der Waals surface area contributed by atoms with E-state index in [1.165, 1.54) is 24.3 Å². The second-order valence-electron chi connectivity index (χ2n) is 5.04. The summed E-state index contributed by atoms with van der Waals surface area (Å²) in [6, 6.07) is 9.04. The molecule has 0 saturated heterocycles. The Morgan fingerprint density at radius 3 is 2.52 bits per heavy atom. The van der Waals surface area contributed by atoms with Crippen LogP contribution in [0.25, 0.3) is 16.7 Å². The summed E-state index contributed by atoms with van der Waals surface area (Å²) < 4.78 is 28.8. The first kappa shape index (κ1) is 14.0. The van der Waals surface area contributed by atoms with Gasteiger partial charge in [0.15, 0.2) is 0 Å². The first-order valence-corrected chi connectivity index (χ1v) is 6.99. The molecule has 0 aliphatic carbocycles. The summed E-state index contributed by atoms with van der Waals surface area (Å²) in [5.41, 5.74) is 2.62. The maximum atomic E-state index is 13.7. The molecule has 1 atom stereocenters. The Kier molecular flexibility index (Phi) is 3.41. The predicted molar refractivity (Wildman–Crippen MR) is 80.0 cm³/mol. The SMILES string of the molecule is Cc1cc(F)cc(-n2c(C(C)Cl)nc3cc(F)ccc32)c1. The van der Waals surface area contributed by atoms with E-state index in [9.17, 15) is 8.78 Å². The average Bonchev–Trinajstić information content (AvgIpc) is 2.76. The molecule has 0 bridgehead atoms. The molecule has 2 aromatic carbocycles. The highest BCUT2D eigenvalue weighted by Crippen LogP contribution is 2.29. The van der Waals surface area contributed by atoms with Gasteiger partial charge >= 0.3 is 0 Å². The van der Waals surface area contributed by atoms with E-state index in [4.69, 9.17) is 11.6 Å². The average molecular weight is 307 g/mol. The molecular weight excluding hydrogens is 294 g/mol. The van der Waals surface area contributed by atoms with Crippen molar-refractivity contribution >= 4 is 22.6 Å². The topological polar surface area (TPSA) is 17.8 Å². The molecule has 0 radical (unpaired) electrons. The lowest BCUT2D eigenvalue weighted by Crippen LogP contribution is -2.02. The van der Waals surface area contributed by atoms with Gasteiger partial charge in [0, 0.05) is 6.07 Å². The standard InChI is InChI=1S/C16H13ClF2N2/c1-9-5-12(19)7-13(6-9)21-15-4-3-11(18)8-14(15)20-16(21)10(2)17/h3-8,10H,1-2H3. The maximum Gasteiger partial charge on any atom is 0.132 e. The summed E-state index contributed by atoms with van der Waals surface area (Å²) in [5.74, 6) is -0.138. The largest absolute Gasteiger partial charge is 0.295 e. The fourth-order valence-electron chi connectivity index (χ4n) is 2.46. The predicted octanol–water partition coefficient (Wildman–Crippen LogP) is 4.91. The van der Waals surface area contributed by atoms with Crippen LogP contribution in [0.3, 0.4) is 0 Å². The molecule has 2 nitrogen and oxygen atoms in total. The highest BCUT2D eigenvalue weighted by Gasteiger charge is 2.17. The Hall–Kier alpha value is -1.94. The Labute approximate surface area is 126 Å². The highest BCUT2D eigenvalue weighted by molar-refractivity contribution is 6.20. The molecule has 108 valence electrons. The Morgan fingerprint density at radius 1 is 1.10 bits per heavy atom. The number of hydrogen-bond acceptors (Lipinski definition) is 1. The fourth-order valence-corrected chi connectivity index (χ4v) is 2.60. The quantitative estimate of drug-likeness (QED) is 0.615. The molecule has 3 rings (SSSR count). The number of halogens is 3. The molecule has 0 aliphatic heterocycles. The van der Waals surface area contributed by atoms with Crippen LogP contribution in [-0.2, 0) is 0 Å². The van der Waals surface area contributed by atoms with Crippen molar-refractivity contribution in [3.63, 3.8) is 0 Å². The summed E-state index contributed by atoms with van der Waals surface area (Å²) in [6.07, 6.45) is 0. The van der Waals surface area contributed by atoms with E-state index in [2.05, 4.69) is 4.98 Å². The van der Waals surface area contributed by atoms with E-state index in [1.54, 1.807) is 17.6 Å². The first-order chi connectivity index (χ1) is 9.95. The number of imidazole rings is 1. The second kappa shape index (κ2) is 5.11. The lowest BCUT2D eigenvalue weighted by Gasteiger charge is -2.11. The van der Waals surface area contributed by atoms with Crippen molar-refractivity contribution in [3.8, 4) is 5.69 Å². The number of nitrogens with zero attached hydrogens (tertiary/aromatic N) is 2. The van der Waals surface area contributed by atoms with E-state index >= 15 is 0 Å². The van der Waals surface area contributed by atoms with Gasteiger partial charge in [-0.05, 0) is 49.7 Å². The van der Waals surface area contributed by atoms with E-state index in [0.717, 1.165) is 5.56 Å². The van der Waals surface area contributed by atoms with Crippen LogP contribution in [-0.4, -0.2) is 9.55 Å². The third kappa shape index (κ3) is 2.51. The smallest absolute Gasteiger partial charge is 0.132 e. The van der Waals surface area contributed by atoms with Gasteiger partial charge in [0.05, 0.1) is 22.1 Å². The van der Waals surface area contributed by atoms with Crippen molar-refractivity contribution in [1.29, 1.82) is 0 Å². The molecule has 0 N–H and O–H groups in total. The molecule has 5 heteroatoms. The third-order valence-corrected chi connectivity index (χ3v) is 3.48. The first-order valence-electron chi connectivity index (χ1n) is 6.55. The normalized spacial score (nSPS) is 12.8. The molecule has 0 fully saturated rings. The number of hydrogen-bond donors (Lipinski definition) is 0. The lowest BCUT2D eigenvalue weighted by atomic mass is 10.2. The maximum absolute atomic E-state index is 13.7.